The van der Waals surface area contributed by atoms with Crippen LogP contribution >= 0.6 is 0 Å². The highest BCUT2D eigenvalue weighted by Crippen LogP contribution is 2.25. The Hall–Kier alpha value is -4.00. The highest BCUT2D eigenvalue weighted by molar-refractivity contribution is 5.94. The molecule has 1 aliphatic heterocycles. The Morgan fingerprint density at radius 3 is 2.42 bits per heavy atom. The van der Waals surface area contributed by atoms with Crippen molar-refractivity contribution in [3.05, 3.63) is 84.8 Å². The number of aromatic nitrogens is 2. The summed E-state index contributed by atoms with van der Waals surface area (Å²) in [5.41, 5.74) is 3.12. The number of amides is 1. The van der Waals surface area contributed by atoms with E-state index >= 15 is 0 Å². The Morgan fingerprint density at radius 2 is 1.76 bits per heavy atom. The zero-order valence-electron chi connectivity index (χ0n) is 18.5. The molecule has 0 unspecified atom stereocenters. The fraction of sp³-hybridized carbons (Fsp3) is 0.231. The molecule has 2 aromatic heterocycles. The average Bonchev–Trinajstić information content (AvgIpc) is 3.56. The van der Waals surface area contributed by atoms with Crippen molar-refractivity contribution in [2.24, 2.45) is 0 Å². The van der Waals surface area contributed by atoms with Gasteiger partial charge in [0, 0.05) is 30.9 Å². The highest BCUT2D eigenvalue weighted by Gasteiger charge is 2.24. The molecule has 0 saturated carbocycles. The Bertz CT molecular complexity index is 1190. The van der Waals surface area contributed by atoms with E-state index < -0.39 is 0 Å². The van der Waals surface area contributed by atoms with Gasteiger partial charge in [0.2, 0.25) is 0 Å². The molecular formula is C26H26N4O3. The number of anilines is 1. The largest absolute Gasteiger partial charge is 0.497 e. The summed E-state index contributed by atoms with van der Waals surface area (Å²) >= 11 is 0. The predicted molar refractivity (Wildman–Crippen MR) is 127 cm³/mol. The molecule has 4 aromatic rings. The average molecular weight is 443 g/mol. The lowest BCUT2D eigenvalue weighted by Gasteiger charge is -2.34. The Morgan fingerprint density at radius 1 is 1.00 bits per heavy atom. The lowest BCUT2D eigenvalue weighted by atomic mass is 10.0. The summed E-state index contributed by atoms with van der Waals surface area (Å²) in [5, 5.41) is 7.86. The summed E-state index contributed by atoms with van der Waals surface area (Å²) in [6.45, 7) is 1.76. The minimum atomic E-state index is -0.132. The first-order valence-corrected chi connectivity index (χ1v) is 11.1. The van der Waals surface area contributed by atoms with Crippen molar-refractivity contribution in [2.45, 2.75) is 18.9 Å². The zero-order valence-corrected chi connectivity index (χ0v) is 18.5. The number of carbonyl (C=O) groups excluding carboxylic acids is 1. The van der Waals surface area contributed by atoms with Gasteiger partial charge in [-0.3, -0.25) is 4.79 Å². The third-order valence-electron chi connectivity index (χ3n) is 5.98. The number of para-hydroxylation sites is 1. The molecule has 0 radical (unpaired) electrons. The molecule has 1 amide bonds. The maximum Gasteiger partial charge on any atom is 0.270 e. The molecule has 1 saturated heterocycles. The molecule has 0 bridgehead atoms. The van der Waals surface area contributed by atoms with Crippen molar-refractivity contribution in [3.8, 4) is 22.9 Å². The maximum absolute atomic E-state index is 13.3. The van der Waals surface area contributed by atoms with Crippen LogP contribution in [0.5, 0.6) is 5.75 Å². The second-order valence-electron chi connectivity index (χ2n) is 8.07. The molecule has 0 aliphatic carbocycles. The first-order chi connectivity index (χ1) is 16.2. The Labute approximate surface area is 192 Å². The predicted octanol–water partition coefficient (Wildman–Crippen LogP) is 4.54. The molecule has 5 rings (SSSR count). The Kier molecular flexibility index (Phi) is 5.85. The molecule has 3 heterocycles. The summed E-state index contributed by atoms with van der Waals surface area (Å²) in [6.07, 6.45) is 3.36. The van der Waals surface area contributed by atoms with Crippen LogP contribution in [-0.4, -0.2) is 41.9 Å². The lowest BCUT2D eigenvalue weighted by Crippen LogP contribution is -2.45. The summed E-state index contributed by atoms with van der Waals surface area (Å²) < 4.78 is 12.4. The summed E-state index contributed by atoms with van der Waals surface area (Å²) in [5.74, 6) is 1.35. The van der Waals surface area contributed by atoms with Gasteiger partial charge in [-0.05, 0) is 61.4 Å². The molecule has 1 fully saturated rings. The number of hydrogen-bond donors (Lipinski definition) is 1. The molecule has 7 heteroatoms. The third-order valence-corrected chi connectivity index (χ3v) is 5.98. The van der Waals surface area contributed by atoms with Crippen LogP contribution < -0.4 is 15.0 Å². The quantitative estimate of drug-likeness (QED) is 0.475. The SMILES string of the molecule is COc1ccc(N2CCC(NC(=O)c3cc(-c4ccco4)nn3-c3ccccc3)CC2)cc1. The number of carbonyl (C=O) groups is 1. The van der Waals surface area contributed by atoms with Crippen molar-refractivity contribution in [2.75, 3.05) is 25.1 Å². The number of piperidine rings is 1. The molecule has 2 aromatic carbocycles. The van der Waals surface area contributed by atoms with E-state index in [4.69, 9.17) is 9.15 Å². The summed E-state index contributed by atoms with van der Waals surface area (Å²) in [4.78, 5) is 15.6. The van der Waals surface area contributed by atoms with Crippen LogP contribution in [0.2, 0.25) is 0 Å². The van der Waals surface area contributed by atoms with Crippen LogP contribution in [-0.2, 0) is 0 Å². The van der Waals surface area contributed by atoms with E-state index in [2.05, 4.69) is 27.4 Å². The molecule has 168 valence electrons. The molecular weight excluding hydrogens is 416 g/mol. The van der Waals surface area contributed by atoms with Crippen molar-refractivity contribution >= 4 is 11.6 Å². The number of methoxy groups -OCH3 is 1. The monoisotopic (exact) mass is 442 g/mol. The first kappa shape index (κ1) is 20.9. The molecule has 1 N–H and O–H groups in total. The normalized spacial score (nSPS) is 14.3. The molecule has 0 atom stereocenters. The van der Waals surface area contributed by atoms with Gasteiger partial charge in [0.25, 0.3) is 5.91 Å². The van der Waals surface area contributed by atoms with Crippen LogP contribution in [0, 0.1) is 0 Å². The molecule has 33 heavy (non-hydrogen) atoms. The van der Waals surface area contributed by atoms with Crippen molar-refractivity contribution in [3.63, 3.8) is 0 Å². The van der Waals surface area contributed by atoms with Gasteiger partial charge in [0.15, 0.2) is 5.76 Å². The van der Waals surface area contributed by atoms with Crippen molar-refractivity contribution < 1.29 is 13.9 Å². The van der Waals surface area contributed by atoms with Gasteiger partial charge in [-0.15, -0.1) is 0 Å². The number of nitrogens with one attached hydrogen (secondary N) is 1. The second kappa shape index (κ2) is 9.24. The number of ether oxygens (including phenoxy) is 1. The van der Waals surface area contributed by atoms with E-state index in [-0.39, 0.29) is 11.9 Å². The van der Waals surface area contributed by atoms with Gasteiger partial charge >= 0.3 is 0 Å². The number of hydrogen-bond acceptors (Lipinski definition) is 5. The van der Waals surface area contributed by atoms with Crippen LogP contribution in [0.3, 0.4) is 0 Å². The number of rotatable bonds is 6. The van der Waals surface area contributed by atoms with Gasteiger partial charge in [-0.2, -0.15) is 5.10 Å². The minimum absolute atomic E-state index is 0.109. The van der Waals surface area contributed by atoms with Gasteiger partial charge in [-0.25, -0.2) is 4.68 Å². The van der Waals surface area contributed by atoms with Crippen molar-refractivity contribution in [1.29, 1.82) is 0 Å². The molecule has 0 spiro atoms. The maximum atomic E-state index is 13.3. The van der Waals surface area contributed by atoms with Crippen LogP contribution in [0.15, 0.2) is 83.5 Å². The molecule has 1 aliphatic rings. The van der Waals surface area contributed by atoms with Crippen LogP contribution in [0.4, 0.5) is 5.69 Å². The van der Waals surface area contributed by atoms with E-state index in [0.29, 0.717) is 17.1 Å². The third kappa shape index (κ3) is 4.48. The van der Waals surface area contributed by atoms with E-state index in [1.165, 1.54) is 5.69 Å². The smallest absolute Gasteiger partial charge is 0.270 e. The fourth-order valence-corrected chi connectivity index (χ4v) is 4.19. The van der Waals surface area contributed by atoms with Gasteiger partial charge in [0.05, 0.1) is 19.1 Å². The number of furan rings is 1. The van der Waals surface area contributed by atoms with Crippen LogP contribution in [0.25, 0.3) is 17.1 Å². The zero-order chi connectivity index (χ0) is 22.6. The first-order valence-electron chi connectivity index (χ1n) is 11.1. The van der Waals surface area contributed by atoms with Crippen LogP contribution in [0.1, 0.15) is 23.3 Å². The van der Waals surface area contributed by atoms with Gasteiger partial charge in [-0.1, -0.05) is 18.2 Å². The van der Waals surface area contributed by atoms with E-state index in [0.717, 1.165) is 37.4 Å². The second-order valence-corrected chi connectivity index (χ2v) is 8.07. The van der Waals surface area contributed by atoms with E-state index in [9.17, 15) is 4.79 Å². The van der Waals surface area contributed by atoms with E-state index in [1.807, 2.05) is 54.6 Å². The van der Waals surface area contributed by atoms with Gasteiger partial charge in [0.1, 0.15) is 17.1 Å². The number of benzene rings is 2. The van der Waals surface area contributed by atoms with Crippen molar-refractivity contribution in [1.82, 2.24) is 15.1 Å². The fourth-order valence-electron chi connectivity index (χ4n) is 4.19. The van der Waals surface area contributed by atoms with E-state index in [1.54, 1.807) is 24.1 Å². The lowest BCUT2D eigenvalue weighted by molar-refractivity contribution is 0.0923. The highest BCUT2D eigenvalue weighted by atomic mass is 16.5. The number of nitrogens with zero attached hydrogens (tertiary/aromatic N) is 3. The molecule has 7 nitrogen and oxygen atoms in total. The van der Waals surface area contributed by atoms with Gasteiger partial charge < -0.3 is 19.4 Å². The Balaban J connectivity index is 1.30. The topological polar surface area (TPSA) is 72.5 Å². The summed E-state index contributed by atoms with van der Waals surface area (Å²) in [6, 6.07) is 23.3. The standard InChI is InChI=1S/C26H26N4O3/c1-32-22-11-9-20(10-12-22)29-15-13-19(14-16-29)27-26(31)24-18-23(25-8-5-17-33-25)28-30(24)21-6-3-2-4-7-21/h2-12,17-19H,13-16H2,1H3,(H,27,31). The minimum Gasteiger partial charge on any atom is -0.497 e. The summed E-state index contributed by atoms with van der Waals surface area (Å²) in [7, 11) is 1.67.